The van der Waals surface area contributed by atoms with Gasteiger partial charge in [-0.1, -0.05) is 0 Å². The first-order chi connectivity index (χ1) is 5.59. The number of aliphatic carboxylic acids is 2. The maximum absolute atomic E-state index is 10.4. The molecule has 1 aliphatic rings. The van der Waals surface area contributed by atoms with Crippen molar-refractivity contribution in [1.29, 1.82) is 0 Å². The summed E-state index contributed by atoms with van der Waals surface area (Å²) in [5.74, 6) is -2.16. The van der Waals surface area contributed by atoms with Gasteiger partial charge in [0.1, 0.15) is 0 Å². The van der Waals surface area contributed by atoms with Crippen LogP contribution in [0.3, 0.4) is 0 Å². The molecule has 5 heteroatoms. The lowest BCUT2D eigenvalue weighted by Crippen LogP contribution is -2.24. The zero-order valence-corrected chi connectivity index (χ0v) is 6.49. The summed E-state index contributed by atoms with van der Waals surface area (Å²) in [5, 5.41) is 19.8. The third kappa shape index (κ3) is 2.20. The highest BCUT2D eigenvalue weighted by Gasteiger charge is 2.30. The Morgan fingerprint density at radius 1 is 1.42 bits per heavy atom. The van der Waals surface area contributed by atoms with Gasteiger partial charge in [0.25, 0.3) is 0 Å². The number of nitrogens with one attached hydrogen (secondary N) is 1. The van der Waals surface area contributed by atoms with Crippen molar-refractivity contribution in [1.82, 2.24) is 5.32 Å². The molecule has 1 rings (SSSR count). The van der Waals surface area contributed by atoms with E-state index >= 15 is 0 Å². The van der Waals surface area contributed by atoms with Gasteiger partial charge in [0.05, 0.1) is 12.3 Å². The van der Waals surface area contributed by atoms with Crippen LogP contribution in [0.1, 0.15) is 12.8 Å². The minimum Gasteiger partial charge on any atom is -0.481 e. The summed E-state index contributed by atoms with van der Waals surface area (Å²) in [5.41, 5.74) is 0. The second-order valence-electron chi connectivity index (χ2n) is 2.97. The monoisotopic (exact) mass is 173 g/mol. The van der Waals surface area contributed by atoms with Crippen LogP contribution in [0.25, 0.3) is 0 Å². The summed E-state index contributed by atoms with van der Waals surface area (Å²) < 4.78 is 0. The van der Waals surface area contributed by atoms with Crippen molar-refractivity contribution >= 4 is 11.9 Å². The van der Waals surface area contributed by atoms with E-state index in [1.54, 1.807) is 0 Å². The van der Waals surface area contributed by atoms with Crippen LogP contribution < -0.4 is 5.32 Å². The third-order valence-electron chi connectivity index (χ3n) is 1.99. The van der Waals surface area contributed by atoms with Crippen LogP contribution in [-0.2, 0) is 9.59 Å². The quantitative estimate of drug-likeness (QED) is 0.536. The van der Waals surface area contributed by atoms with Crippen LogP contribution in [0, 0.1) is 5.92 Å². The third-order valence-corrected chi connectivity index (χ3v) is 1.99. The molecule has 12 heavy (non-hydrogen) atoms. The lowest BCUT2D eigenvalue weighted by molar-refractivity contribution is -0.141. The molecule has 0 aromatic heterocycles. The van der Waals surface area contributed by atoms with Crippen LogP contribution in [0.4, 0.5) is 0 Å². The molecule has 0 aliphatic carbocycles. The fraction of sp³-hybridized carbons (Fsp3) is 0.714. The molecule has 0 spiro atoms. The summed E-state index contributed by atoms with van der Waals surface area (Å²) >= 11 is 0. The summed E-state index contributed by atoms with van der Waals surface area (Å²) in [6.45, 7) is 0.382. The molecule has 2 unspecified atom stereocenters. The highest BCUT2D eigenvalue weighted by molar-refractivity contribution is 5.71. The second kappa shape index (κ2) is 3.53. The maximum Gasteiger partial charge on any atom is 0.307 e. The number of carboxylic acids is 2. The summed E-state index contributed by atoms with van der Waals surface area (Å²) in [7, 11) is 0. The average Bonchev–Trinajstić information content (AvgIpc) is 2.34. The second-order valence-corrected chi connectivity index (χ2v) is 2.97. The molecular weight excluding hydrogens is 162 g/mol. The molecule has 1 aliphatic heterocycles. The Kier molecular flexibility index (Phi) is 2.65. The number of hydrogen-bond donors (Lipinski definition) is 3. The van der Waals surface area contributed by atoms with E-state index in [0.29, 0.717) is 13.0 Å². The van der Waals surface area contributed by atoms with Gasteiger partial charge in [-0.15, -0.1) is 0 Å². The smallest absolute Gasteiger partial charge is 0.307 e. The van der Waals surface area contributed by atoms with Gasteiger partial charge in [0.15, 0.2) is 0 Å². The molecule has 1 fully saturated rings. The van der Waals surface area contributed by atoms with Crippen molar-refractivity contribution in [3.05, 3.63) is 0 Å². The molecular formula is C7H11NO4. The van der Waals surface area contributed by atoms with Gasteiger partial charge >= 0.3 is 11.9 Å². The van der Waals surface area contributed by atoms with E-state index in [2.05, 4.69) is 5.32 Å². The molecule has 68 valence electrons. The van der Waals surface area contributed by atoms with Gasteiger partial charge in [-0.3, -0.25) is 9.59 Å². The SMILES string of the molecule is O=C(O)CC1CC(C(=O)O)CN1. The Morgan fingerprint density at radius 3 is 2.50 bits per heavy atom. The molecule has 0 aromatic carbocycles. The van der Waals surface area contributed by atoms with E-state index in [1.165, 1.54) is 0 Å². The standard InChI is InChI=1S/C7H11NO4/c9-6(10)2-5-1-4(3-8-5)7(11)12/h4-5,8H,1-3H2,(H,9,10)(H,11,12). The minimum absolute atomic E-state index is 0.00375. The average molecular weight is 173 g/mol. The van der Waals surface area contributed by atoms with Crippen LogP contribution in [0.5, 0.6) is 0 Å². The van der Waals surface area contributed by atoms with Crippen molar-refractivity contribution < 1.29 is 19.8 Å². The van der Waals surface area contributed by atoms with Crippen molar-refractivity contribution in [3.8, 4) is 0 Å². The predicted octanol–water partition coefficient (Wildman–Crippen LogP) is -0.476. The molecule has 0 bridgehead atoms. The van der Waals surface area contributed by atoms with Crippen LogP contribution >= 0.6 is 0 Å². The van der Waals surface area contributed by atoms with Gasteiger partial charge in [-0.05, 0) is 6.42 Å². The van der Waals surface area contributed by atoms with Crippen molar-refractivity contribution in [2.45, 2.75) is 18.9 Å². The zero-order valence-electron chi connectivity index (χ0n) is 6.49. The van der Waals surface area contributed by atoms with E-state index in [1.807, 2.05) is 0 Å². The highest BCUT2D eigenvalue weighted by atomic mass is 16.4. The Morgan fingerprint density at radius 2 is 2.08 bits per heavy atom. The molecule has 0 saturated carbocycles. The van der Waals surface area contributed by atoms with E-state index in [-0.39, 0.29) is 12.5 Å². The number of carboxylic acid groups (broad SMARTS) is 2. The minimum atomic E-state index is -0.890. The van der Waals surface area contributed by atoms with Crippen LogP contribution in [-0.4, -0.2) is 34.7 Å². The van der Waals surface area contributed by atoms with Crippen LogP contribution in [0.15, 0.2) is 0 Å². The number of rotatable bonds is 3. The number of carbonyl (C=O) groups is 2. The van der Waals surface area contributed by atoms with Crippen LogP contribution in [0.2, 0.25) is 0 Å². The van der Waals surface area contributed by atoms with Crippen molar-refractivity contribution in [2.75, 3.05) is 6.54 Å². The summed E-state index contributed by atoms with van der Waals surface area (Å²) in [6.07, 6.45) is 0.422. The van der Waals surface area contributed by atoms with Gasteiger partial charge in [-0.25, -0.2) is 0 Å². The van der Waals surface area contributed by atoms with E-state index in [0.717, 1.165) is 0 Å². The lowest BCUT2D eigenvalue weighted by atomic mass is 10.0. The van der Waals surface area contributed by atoms with E-state index < -0.39 is 17.9 Å². The highest BCUT2D eigenvalue weighted by Crippen LogP contribution is 2.16. The molecule has 5 nitrogen and oxygen atoms in total. The Balaban J connectivity index is 2.35. The topological polar surface area (TPSA) is 86.6 Å². The van der Waals surface area contributed by atoms with Crippen molar-refractivity contribution in [2.24, 2.45) is 5.92 Å². The molecule has 0 amide bonds. The summed E-state index contributed by atoms with van der Waals surface area (Å²) in [4.78, 5) is 20.7. The summed E-state index contributed by atoms with van der Waals surface area (Å²) in [6, 6.07) is -0.177. The molecule has 0 radical (unpaired) electrons. The normalized spacial score (nSPS) is 28.7. The van der Waals surface area contributed by atoms with Crippen molar-refractivity contribution in [3.63, 3.8) is 0 Å². The van der Waals surface area contributed by atoms with Gasteiger partial charge < -0.3 is 15.5 Å². The first-order valence-corrected chi connectivity index (χ1v) is 3.77. The fourth-order valence-corrected chi connectivity index (χ4v) is 1.37. The zero-order chi connectivity index (χ0) is 9.14. The predicted molar refractivity (Wildman–Crippen MR) is 39.8 cm³/mol. The Bertz CT molecular complexity index is 204. The first-order valence-electron chi connectivity index (χ1n) is 3.77. The van der Waals surface area contributed by atoms with E-state index in [9.17, 15) is 9.59 Å². The van der Waals surface area contributed by atoms with Gasteiger partial charge in [-0.2, -0.15) is 0 Å². The van der Waals surface area contributed by atoms with Gasteiger partial charge in [0.2, 0.25) is 0 Å². The molecule has 1 heterocycles. The Hall–Kier alpha value is -1.10. The lowest BCUT2D eigenvalue weighted by Gasteiger charge is -2.04. The Labute approximate surface area is 69.4 Å². The largest absolute Gasteiger partial charge is 0.481 e. The maximum atomic E-state index is 10.4. The molecule has 1 saturated heterocycles. The molecule has 3 N–H and O–H groups in total. The molecule has 2 atom stereocenters. The first kappa shape index (κ1) is 8.99. The molecule has 0 aromatic rings. The van der Waals surface area contributed by atoms with E-state index in [4.69, 9.17) is 10.2 Å². The number of hydrogen-bond acceptors (Lipinski definition) is 3. The fourth-order valence-electron chi connectivity index (χ4n) is 1.37. The van der Waals surface area contributed by atoms with Gasteiger partial charge in [0, 0.05) is 12.6 Å².